The summed E-state index contributed by atoms with van der Waals surface area (Å²) in [5, 5.41) is 11.7. The molecule has 4 N–H and O–H groups in total. The number of amides is 2. The summed E-state index contributed by atoms with van der Waals surface area (Å²) >= 11 is 0. The third-order valence-corrected chi connectivity index (χ3v) is 4.17. The molecule has 0 saturated carbocycles. The van der Waals surface area contributed by atoms with Crippen LogP contribution in [-0.2, 0) is 11.2 Å². The van der Waals surface area contributed by atoms with E-state index in [0.717, 1.165) is 17.5 Å². The summed E-state index contributed by atoms with van der Waals surface area (Å²) in [6, 6.07) is 11.2. The van der Waals surface area contributed by atoms with Crippen LogP contribution in [0.4, 0.5) is 5.82 Å². The molecule has 2 amide bonds. The van der Waals surface area contributed by atoms with Gasteiger partial charge in [-0.25, -0.2) is 4.98 Å². The van der Waals surface area contributed by atoms with E-state index in [4.69, 9.17) is 0 Å². The Kier molecular flexibility index (Phi) is 8.62. The molecule has 0 atom stereocenters. The van der Waals surface area contributed by atoms with Gasteiger partial charge < -0.3 is 21.3 Å². The van der Waals surface area contributed by atoms with E-state index >= 15 is 0 Å². The van der Waals surface area contributed by atoms with Gasteiger partial charge in [0.2, 0.25) is 5.91 Å². The van der Waals surface area contributed by atoms with Gasteiger partial charge in [-0.15, -0.1) is 0 Å². The molecule has 0 bridgehead atoms. The zero-order valence-electron chi connectivity index (χ0n) is 17.1. The van der Waals surface area contributed by atoms with Gasteiger partial charge in [-0.1, -0.05) is 18.2 Å². The van der Waals surface area contributed by atoms with Crippen molar-refractivity contribution < 1.29 is 9.59 Å². The Morgan fingerprint density at radius 1 is 1.10 bits per heavy atom. The number of aliphatic imine (C=N–C) groups is 1. The Hall–Kier alpha value is -3.42. The smallest absolute Gasteiger partial charge is 0.251 e. The lowest BCUT2D eigenvalue weighted by molar-refractivity contribution is -0.116. The number of aromatic nitrogens is 1. The molecular weight excluding hydrogens is 368 g/mol. The number of anilines is 1. The second-order valence-electron chi connectivity index (χ2n) is 6.47. The van der Waals surface area contributed by atoms with E-state index in [1.165, 1.54) is 0 Å². The molecule has 0 fully saturated rings. The van der Waals surface area contributed by atoms with Crippen LogP contribution in [0.1, 0.15) is 27.9 Å². The predicted octanol–water partition coefficient (Wildman–Crippen LogP) is 1.49. The topological polar surface area (TPSA) is 108 Å². The number of benzene rings is 1. The lowest BCUT2D eigenvalue weighted by Crippen LogP contribution is -2.39. The van der Waals surface area contributed by atoms with Gasteiger partial charge in [0.1, 0.15) is 5.82 Å². The van der Waals surface area contributed by atoms with Gasteiger partial charge in [-0.3, -0.25) is 14.6 Å². The summed E-state index contributed by atoms with van der Waals surface area (Å²) in [4.78, 5) is 32.0. The van der Waals surface area contributed by atoms with Crippen molar-refractivity contribution in [3.05, 3.63) is 59.3 Å². The summed E-state index contributed by atoms with van der Waals surface area (Å²) < 4.78 is 0. The quantitative estimate of drug-likeness (QED) is 0.399. The average Bonchev–Trinajstić information content (AvgIpc) is 2.74. The summed E-state index contributed by atoms with van der Waals surface area (Å²) in [5.74, 6) is 0.947. The van der Waals surface area contributed by atoms with E-state index in [1.807, 2.05) is 31.2 Å². The molecule has 0 aliphatic carbocycles. The Balaban J connectivity index is 1.70. The molecule has 1 aromatic heterocycles. The molecule has 154 valence electrons. The highest BCUT2D eigenvalue weighted by atomic mass is 16.2. The van der Waals surface area contributed by atoms with Gasteiger partial charge >= 0.3 is 0 Å². The fraction of sp³-hybridized carbons (Fsp3) is 0.333. The van der Waals surface area contributed by atoms with E-state index in [2.05, 4.69) is 31.2 Å². The second kappa shape index (κ2) is 11.4. The van der Waals surface area contributed by atoms with Crippen LogP contribution in [0.25, 0.3) is 0 Å². The normalized spacial score (nSPS) is 10.9. The van der Waals surface area contributed by atoms with Gasteiger partial charge in [0.15, 0.2) is 5.96 Å². The molecule has 8 nitrogen and oxygen atoms in total. The van der Waals surface area contributed by atoms with Crippen molar-refractivity contribution in [2.75, 3.05) is 32.5 Å². The molecule has 0 saturated heterocycles. The summed E-state index contributed by atoms with van der Waals surface area (Å²) in [5.41, 5.74) is 2.74. The molecule has 0 aliphatic rings. The summed E-state index contributed by atoms with van der Waals surface area (Å²) in [6.45, 7) is 3.04. The third-order valence-electron chi connectivity index (χ3n) is 4.17. The maximum absolute atomic E-state index is 12.0. The first-order valence-electron chi connectivity index (χ1n) is 9.50. The van der Waals surface area contributed by atoms with Crippen molar-refractivity contribution in [1.82, 2.24) is 20.9 Å². The number of carbonyl (C=O) groups excluding carboxylic acids is 2. The number of hydrogen-bond donors (Lipinski definition) is 4. The van der Waals surface area contributed by atoms with E-state index < -0.39 is 0 Å². The third kappa shape index (κ3) is 7.61. The molecule has 0 spiro atoms. The standard InChI is InChI=1S/C21H28N6O2/c1-15-7-8-18(26-14-15)27-19(28)10-12-25-21(23-3)24-11-9-16-5-4-6-17(13-16)20(29)22-2/h4-8,13-14H,9-12H2,1-3H3,(H,22,29)(H2,23,24,25)(H,26,27,28). The lowest BCUT2D eigenvalue weighted by Gasteiger charge is -2.12. The van der Waals surface area contributed by atoms with Gasteiger partial charge in [-0.05, 0) is 42.7 Å². The number of carbonyl (C=O) groups is 2. The molecular formula is C21H28N6O2. The van der Waals surface area contributed by atoms with Crippen LogP contribution >= 0.6 is 0 Å². The van der Waals surface area contributed by atoms with Crippen molar-refractivity contribution in [3.8, 4) is 0 Å². The highest BCUT2D eigenvalue weighted by Gasteiger charge is 2.06. The Bertz CT molecular complexity index is 849. The number of aryl methyl sites for hydroxylation is 1. The minimum atomic E-state index is -0.115. The molecule has 1 aromatic carbocycles. The largest absolute Gasteiger partial charge is 0.356 e. The highest BCUT2D eigenvalue weighted by molar-refractivity contribution is 5.94. The summed E-state index contributed by atoms with van der Waals surface area (Å²) in [6.07, 6.45) is 2.75. The molecule has 2 aromatic rings. The van der Waals surface area contributed by atoms with Gasteiger partial charge in [0.05, 0.1) is 0 Å². The minimum Gasteiger partial charge on any atom is -0.356 e. The number of nitrogens with zero attached hydrogens (tertiary/aromatic N) is 2. The van der Waals surface area contributed by atoms with Crippen LogP contribution in [-0.4, -0.2) is 49.9 Å². The lowest BCUT2D eigenvalue weighted by atomic mass is 10.1. The molecule has 0 unspecified atom stereocenters. The molecule has 2 rings (SSSR count). The van der Waals surface area contributed by atoms with Crippen LogP contribution in [0, 0.1) is 6.92 Å². The van der Waals surface area contributed by atoms with Crippen molar-refractivity contribution in [3.63, 3.8) is 0 Å². The van der Waals surface area contributed by atoms with Crippen LogP contribution in [0.5, 0.6) is 0 Å². The second-order valence-corrected chi connectivity index (χ2v) is 6.47. The van der Waals surface area contributed by atoms with Crippen LogP contribution in [0.3, 0.4) is 0 Å². The van der Waals surface area contributed by atoms with E-state index in [0.29, 0.717) is 36.9 Å². The number of guanidine groups is 1. The first-order chi connectivity index (χ1) is 14.0. The fourth-order valence-corrected chi connectivity index (χ4v) is 2.60. The van der Waals surface area contributed by atoms with Gasteiger partial charge in [0.25, 0.3) is 5.91 Å². The maximum atomic E-state index is 12.0. The number of rotatable bonds is 8. The fourth-order valence-electron chi connectivity index (χ4n) is 2.60. The number of nitrogens with one attached hydrogen (secondary N) is 4. The summed E-state index contributed by atoms with van der Waals surface area (Å²) in [7, 11) is 3.29. The number of pyridine rings is 1. The van der Waals surface area contributed by atoms with Crippen molar-refractivity contribution in [2.45, 2.75) is 19.8 Å². The van der Waals surface area contributed by atoms with Crippen molar-refractivity contribution >= 4 is 23.6 Å². The molecule has 1 heterocycles. The Morgan fingerprint density at radius 2 is 1.90 bits per heavy atom. The van der Waals surface area contributed by atoms with E-state index in [1.54, 1.807) is 32.4 Å². The zero-order chi connectivity index (χ0) is 21.1. The van der Waals surface area contributed by atoms with E-state index in [9.17, 15) is 9.59 Å². The van der Waals surface area contributed by atoms with E-state index in [-0.39, 0.29) is 11.8 Å². The highest BCUT2D eigenvalue weighted by Crippen LogP contribution is 2.06. The van der Waals surface area contributed by atoms with Gasteiger partial charge in [0, 0.05) is 45.4 Å². The predicted molar refractivity (Wildman–Crippen MR) is 115 cm³/mol. The monoisotopic (exact) mass is 396 g/mol. The van der Waals surface area contributed by atoms with Crippen LogP contribution in [0.15, 0.2) is 47.6 Å². The minimum absolute atomic E-state index is 0.101. The maximum Gasteiger partial charge on any atom is 0.251 e. The molecule has 29 heavy (non-hydrogen) atoms. The van der Waals surface area contributed by atoms with Crippen LogP contribution < -0.4 is 21.3 Å². The zero-order valence-corrected chi connectivity index (χ0v) is 17.1. The Labute approximate surface area is 171 Å². The Morgan fingerprint density at radius 3 is 2.59 bits per heavy atom. The van der Waals surface area contributed by atoms with Gasteiger partial charge in [-0.2, -0.15) is 0 Å². The SMILES string of the molecule is CN=C(NCCC(=O)Nc1ccc(C)cn1)NCCc1cccc(C(=O)NC)c1. The van der Waals surface area contributed by atoms with Crippen LogP contribution in [0.2, 0.25) is 0 Å². The average molecular weight is 396 g/mol. The van der Waals surface area contributed by atoms with Crippen molar-refractivity contribution in [2.24, 2.45) is 4.99 Å². The molecule has 0 aliphatic heterocycles. The molecule has 0 radical (unpaired) electrons. The first kappa shape index (κ1) is 21.9. The van der Waals surface area contributed by atoms with Crippen molar-refractivity contribution in [1.29, 1.82) is 0 Å². The molecule has 8 heteroatoms. The number of hydrogen-bond acceptors (Lipinski definition) is 4. The first-order valence-corrected chi connectivity index (χ1v) is 9.50.